The van der Waals surface area contributed by atoms with Gasteiger partial charge in [-0.1, -0.05) is 6.07 Å². The van der Waals surface area contributed by atoms with Gasteiger partial charge in [0.1, 0.15) is 0 Å². The van der Waals surface area contributed by atoms with Crippen molar-refractivity contribution >= 4 is 33.5 Å². The van der Waals surface area contributed by atoms with E-state index in [4.69, 9.17) is 4.74 Å². The maximum Gasteiger partial charge on any atom is 0.338 e. The molecule has 0 aliphatic heterocycles. The van der Waals surface area contributed by atoms with Gasteiger partial charge in [-0.05, 0) is 70.9 Å². The van der Waals surface area contributed by atoms with Crippen molar-refractivity contribution < 1.29 is 14.3 Å². The molecule has 7 heteroatoms. The molecule has 0 aliphatic carbocycles. The maximum absolute atomic E-state index is 12.1. The van der Waals surface area contributed by atoms with Gasteiger partial charge in [0.15, 0.2) is 6.61 Å². The van der Waals surface area contributed by atoms with Gasteiger partial charge in [-0.15, -0.1) is 0 Å². The van der Waals surface area contributed by atoms with Crippen LogP contribution in [0.25, 0.3) is 5.69 Å². The molecule has 6 nitrogen and oxygen atoms in total. The monoisotopic (exact) mass is 413 g/mol. The average Bonchev–Trinajstić information content (AvgIpc) is 3.17. The SMILES string of the molecule is Cc1ccc(NC(=O)COC(=O)c2ccc(-n3cccn3)cc2)c(Br)c1. The summed E-state index contributed by atoms with van der Waals surface area (Å²) < 4.78 is 7.52. The third-order valence-corrected chi connectivity index (χ3v) is 4.26. The number of nitrogens with zero attached hydrogens (tertiary/aromatic N) is 2. The zero-order valence-electron chi connectivity index (χ0n) is 14.0. The fourth-order valence-electron chi connectivity index (χ4n) is 2.29. The van der Waals surface area contributed by atoms with Gasteiger partial charge in [0.25, 0.3) is 5.91 Å². The van der Waals surface area contributed by atoms with Crippen molar-refractivity contribution in [3.63, 3.8) is 0 Å². The number of hydrogen-bond acceptors (Lipinski definition) is 4. The van der Waals surface area contributed by atoms with Crippen molar-refractivity contribution in [2.45, 2.75) is 6.92 Å². The highest BCUT2D eigenvalue weighted by atomic mass is 79.9. The first-order valence-corrected chi connectivity index (χ1v) is 8.65. The van der Waals surface area contributed by atoms with Crippen LogP contribution in [0.2, 0.25) is 0 Å². The van der Waals surface area contributed by atoms with E-state index in [9.17, 15) is 9.59 Å². The molecule has 0 saturated carbocycles. The molecule has 3 aromatic rings. The Kier molecular flexibility index (Phi) is 5.48. The zero-order valence-corrected chi connectivity index (χ0v) is 15.6. The summed E-state index contributed by atoms with van der Waals surface area (Å²) in [5, 5.41) is 6.81. The lowest BCUT2D eigenvalue weighted by atomic mass is 10.2. The minimum atomic E-state index is -0.560. The number of carbonyl (C=O) groups excluding carboxylic acids is 2. The van der Waals surface area contributed by atoms with Gasteiger partial charge < -0.3 is 10.1 Å². The predicted molar refractivity (Wildman–Crippen MR) is 101 cm³/mol. The van der Waals surface area contributed by atoms with E-state index in [0.29, 0.717) is 11.3 Å². The Morgan fingerprint density at radius 3 is 2.62 bits per heavy atom. The number of esters is 1. The van der Waals surface area contributed by atoms with Gasteiger partial charge in [-0.2, -0.15) is 5.10 Å². The Morgan fingerprint density at radius 1 is 1.19 bits per heavy atom. The van der Waals surface area contributed by atoms with Crippen LogP contribution in [0.4, 0.5) is 5.69 Å². The highest BCUT2D eigenvalue weighted by Gasteiger charge is 2.12. The van der Waals surface area contributed by atoms with Crippen molar-refractivity contribution in [2.75, 3.05) is 11.9 Å². The Labute approximate surface area is 158 Å². The van der Waals surface area contributed by atoms with Crippen LogP contribution in [0.3, 0.4) is 0 Å². The molecule has 0 fully saturated rings. The molecule has 2 aromatic carbocycles. The van der Waals surface area contributed by atoms with E-state index in [2.05, 4.69) is 26.3 Å². The molecular formula is C19H16BrN3O3. The standard InChI is InChI=1S/C19H16BrN3O3/c1-13-3-8-17(16(20)11-13)22-18(24)12-26-19(25)14-4-6-15(7-5-14)23-10-2-9-21-23/h2-11H,12H2,1H3,(H,22,24). The minimum absolute atomic E-state index is 0.361. The van der Waals surface area contributed by atoms with E-state index in [-0.39, 0.29) is 6.61 Å². The van der Waals surface area contributed by atoms with Crippen molar-refractivity contribution in [3.8, 4) is 5.69 Å². The summed E-state index contributed by atoms with van der Waals surface area (Å²) in [5.74, 6) is -0.966. The summed E-state index contributed by atoms with van der Waals surface area (Å²) >= 11 is 3.39. The van der Waals surface area contributed by atoms with Crippen molar-refractivity contribution in [1.82, 2.24) is 9.78 Å². The van der Waals surface area contributed by atoms with Gasteiger partial charge in [-0.25, -0.2) is 9.48 Å². The van der Waals surface area contributed by atoms with Crippen LogP contribution in [0.15, 0.2) is 65.4 Å². The Balaban J connectivity index is 1.55. The van der Waals surface area contributed by atoms with Gasteiger partial charge in [-0.3, -0.25) is 4.79 Å². The number of aryl methyl sites for hydroxylation is 1. The number of amides is 1. The molecule has 0 atom stereocenters. The zero-order chi connectivity index (χ0) is 18.5. The number of anilines is 1. The third-order valence-electron chi connectivity index (χ3n) is 3.60. The van der Waals surface area contributed by atoms with Crippen LogP contribution in [-0.2, 0) is 9.53 Å². The molecule has 1 heterocycles. The van der Waals surface area contributed by atoms with E-state index in [1.54, 1.807) is 47.4 Å². The van der Waals surface area contributed by atoms with Crippen LogP contribution >= 0.6 is 15.9 Å². The highest BCUT2D eigenvalue weighted by molar-refractivity contribution is 9.10. The first-order valence-electron chi connectivity index (χ1n) is 7.86. The average molecular weight is 414 g/mol. The Bertz CT molecular complexity index is 922. The minimum Gasteiger partial charge on any atom is -0.452 e. The van der Waals surface area contributed by atoms with Crippen LogP contribution in [-0.4, -0.2) is 28.3 Å². The quantitative estimate of drug-likeness (QED) is 0.646. The van der Waals surface area contributed by atoms with Crippen LogP contribution in [0.5, 0.6) is 0 Å². The predicted octanol–water partition coefficient (Wildman–Crippen LogP) is 3.74. The molecule has 1 aromatic heterocycles. The van der Waals surface area contributed by atoms with E-state index < -0.39 is 11.9 Å². The molecule has 0 spiro atoms. The number of halogens is 1. The lowest BCUT2D eigenvalue weighted by Gasteiger charge is -2.09. The second-order valence-corrected chi connectivity index (χ2v) is 6.46. The first-order chi connectivity index (χ1) is 12.5. The normalized spacial score (nSPS) is 10.4. The molecule has 0 unspecified atom stereocenters. The Hall–Kier alpha value is -2.93. The van der Waals surface area contributed by atoms with Gasteiger partial charge in [0.05, 0.1) is 16.9 Å². The second-order valence-electron chi connectivity index (χ2n) is 5.61. The fraction of sp³-hybridized carbons (Fsp3) is 0.105. The summed E-state index contributed by atoms with van der Waals surface area (Å²) in [6, 6.07) is 14.2. The number of ether oxygens (including phenoxy) is 1. The Morgan fingerprint density at radius 2 is 1.96 bits per heavy atom. The fourth-order valence-corrected chi connectivity index (χ4v) is 2.89. The molecule has 0 radical (unpaired) electrons. The smallest absolute Gasteiger partial charge is 0.338 e. The molecule has 1 amide bonds. The topological polar surface area (TPSA) is 73.2 Å². The lowest BCUT2D eigenvalue weighted by Crippen LogP contribution is -2.21. The number of rotatable bonds is 5. The summed E-state index contributed by atoms with van der Waals surface area (Å²) in [5.41, 5.74) is 2.89. The largest absolute Gasteiger partial charge is 0.452 e. The molecule has 0 saturated heterocycles. The molecular weight excluding hydrogens is 398 g/mol. The third kappa shape index (κ3) is 4.37. The maximum atomic E-state index is 12.1. The van der Waals surface area contributed by atoms with E-state index >= 15 is 0 Å². The summed E-state index contributed by atoms with van der Waals surface area (Å²) in [6.45, 7) is 1.59. The molecule has 1 N–H and O–H groups in total. The van der Waals surface area contributed by atoms with E-state index in [0.717, 1.165) is 15.7 Å². The second kappa shape index (κ2) is 7.97. The molecule has 3 rings (SSSR count). The van der Waals surface area contributed by atoms with Crippen molar-refractivity contribution in [1.29, 1.82) is 0 Å². The van der Waals surface area contributed by atoms with Gasteiger partial charge >= 0.3 is 5.97 Å². The number of hydrogen-bond donors (Lipinski definition) is 1. The number of aromatic nitrogens is 2. The molecule has 132 valence electrons. The molecule has 0 bridgehead atoms. The van der Waals surface area contributed by atoms with Crippen molar-refractivity contribution in [2.24, 2.45) is 0 Å². The highest BCUT2D eigenvalue weighted by Crippen LogP contribution is 2.23. The van der Waals surface area contributed by atoms with Gasteiger partial charge in [0, 0.05) is 16.9 Å². The van der Waals surface area contributed by atoms with E-state index in [1.165, 1.54) is 0 Å². The number of nitrogens with one attached hydrogen (secondary N) is 1. The molecule has 26 heavy (non-hydrogen) atoms. The first kappa shape index (κ1) is 17.9. The van der Waals surface area contributed by atoms with Crippen LogP contribution in [0.1, 0.15) is 15.9 Å². The molecule has 0 aliphatic rings. The van der Waals surface area contributed by atoms with Crippen LogP contribution < -0.4 is 5.32 Å². The summed E-state index contributed by atoms with van der Waals surface area (Å²) in [6.07, 6.45) is 3.48. The van der Waals surface area contributed by atoms with Crippen LogP contribution in [0, 0.1) is 6.92 Å². The van der Waals surface area contributed by atoms with E-state index in [1.807, 2.05) is 25.1 Å². The summed E-state index contributed by atoms with van der Waals surface area (Å²) in [4.78, 5) is 24.1. The summed E-state index contributed by atoms with van der Waals surface area (Å²) in [7, 11) is 0. The lowest BCUT2D eigenvalue weighted by molar-refractivity contribution is -0.119. The number of carbonyl (C=O) groups is 2. The van der Waals surface area contributed by atoms with Gasteiger partial charge in [0.2, 0.25) is 0 Å². The number of benzene rings is 2. The van der Waals surface area contributed by atoms with Crippen molar-refractivity contribution in [3.05, 3.63) is 76.5 Å².